The molecule has 6 nitrogen and oxygen atoms in total. The lowest BCUT2D eigenvalue weighted by atomic mass is 10.2. The number of nitrogens with one attached hydrogen (secondary N) is 2. The Kier molecular flexibility index (Phi) is 6.76. The summed E-state index contributed by atoms with van der Waals surface area (Å²) in [6.07, 6.45) is 3.02. The van der Waals surface area contributed by atoms with Crippen LogP contribution in [0.25, 0.3) is 6.08 Å². The Hall–Kier alpha value is -3.29. The molecule has 0 bridgehead atoms. The number of methoxy groups -OCH3 is 1. The van der Waals surface area contributed by atoms with Crippen molar-refractivity contribution in [2.24, 2.45) is 0 Å². The molecular formula is C22H19ClN2O4S. The number of benzene rings is 3. The van der Waals surface area contributed by atoms with Crippen LogP contribution in [0, 0.1) is 0 Å². The molecule has 0 aliphatic rings. The fourth-order valence-corrected chi connectivity index (χ4v) is 3.88. The molecule has 3 aromatic rings. The molecular weight excluding hydrogens is 424 g/mol. The van der Waals surface area contributed by atoms with Gasteiger partial charge in [0, 0.05) is 22.3 Å². The smallest absolute Gasteiger partial charge is 0.261 e. The molecule has 2 N–H and O–H groups in total. The van der Waals surface area contributed by atoms with Crippen LogP contribution in [-0.2, 0) is 14.8 Å². The second kappa shape index (κ2) is 9.47. The molecule has 8 heteroatoms. The molecule has 0 radical (unpaired) electrons. The van der Waals surface area contributed by atoms with Crippen molar-refractivity contribution in [2.75, 3.05) is 17.1 Å². The van der Waals surface area contributed by atoms with E-state index in [4.69, 9.17) is 16.3 Å². The molecule has 0 atom stereocenters. The summed E-state index contributed by atoms with van der Waals surface area (Å²) in [4.78, 5) is 12.2. The van der Waals surface area contributed by atoms with E-state index in [2.05, 4.69) is 10.0 Å². The van der Waals surface area contributed by atoms with Crippen LogP contribution < -0.4 is 14.8 Å². The lowest BCUT2D eigenvalue weighted by Crippen LogP contribution is -2.13. The molecule has 3 rings (SSSR count). The van der Waals surface area contributed by atoms with E-state index >= 15 is 0 Å². The van der Waals surface area contributed by atoms with Crippen LogP contribution in [0.2, 0.25) is 5.02 Å². The summed E-state index contributed by atoms with van der Waals surface area (Å²) in [6, 6.07) is 19.6. The van der Waals surface area contributed by atoms with E-state index in [1.807, 2.05) is 18.2 Å². The Balaban J connectivity index is 1.66. The zero-order valence-corrected chi connectivity index (χ0v) is 17.6. The minimum absolute atomic E-state index is 0.0602. The first kappa shape index (κ1) is 21.4. The lowest BCUT2D eigenvalue weighted by molar-refractivity contribution is -0.111. The molecule has 1 amide bonds. The molecule has 0 unspecified atom stereocenters. The van der Waals surface area contributed by atoms with Crippen LogP contribution in [0.4, 0.5) is 11.4 Å². The number of rotatable bonds is 7. The van der Waals surface area contributed by atoms with Gasteiger partial charge in [-0.05, 0) is 54.6 Å². The van der Waals surface area contributed by atoms with Gasteiger partial charge in [-0.25, -0.2) is 8.42 Å². The van der Waals surface area contributed by atoms with Crippen molar-refractivity contribution in [2.45, 2.75) is 4.90 Å². The number of para-hydroxylation sites is 1. The maximum absolute atomic E-state index is 12.5. The second-order valence-electron chi connectivity index (χ2n) is 6.20. The number of carbonyl (C=O) groups is 1. The number of hydrogen-bond donors (Lipinski definition) is 2. The van der Waals surface area contributed by atoms with Gasteiger partial charge in [0.25, 0.3) is 10.0 Å². The predicted octanol–water partition coefficient (Wildman–Crippen LogP) is 4.80. The molecule has 154 valence electrons. The Bertz CT molecular complexity index is 1180. The van der Waals surface area contributed by atoms with Gasteiger partial charge in [0.05, 0.1) is 17.7 Å². The zero-order chi connectivity index (χ0) is 21.6. The van der Waals surface area contributed by atoms with Crippen LogP contribution in [-0.4, -0.2) is 21.4 Å². The van der Waals surface area contributed by atoms with E-state index in [0.29, 0.717) is 22.1 Å². The zero-order valence-electron chi connectivity index (χ0n) is 16.0. The summed E-state index contributed by atoms with van der Waals surface area (Å²) in [5, 5.41) is 3.11. The summed E-state index contributed by atoms with van der Waals surface area (Å²) in [7, 11) is -2.22. The summed E-state index contributed by atoms with van der Waals surface area (Å²) in [5.41, 5.74) is 1.59. The van der Waals surface area contributed by atoms with Gasteiger partial charge in [0.1, 0.15) is 5.75 Å². The van der Waals surface area contributed by atoms with Gasteiger partial charge in [0.2, 0.25) is 5.91 Å². The van der Waals surface area contributed by atoms with Gasteiger partial charge in [-0.2, -0.15) is 0 Å². The maximum Gasteiger partial charge on any atom is 0.261 e. The van der Waals surface area contributed by atoms with Crippen LogP contribution in [0.3, 0.4) is 0 Å². The molecule has 0 aromatic heterocycles. The third-order valence-corrected chi connectivity index (χ3v) is 5.69. The van der Waals surface area contributed by atoms with E-state index < -0.39 is 10.0 Å². The molecule has 0 saturated carbocycles. The van der Waals surface area contributed by atoms with Gasteiger partial charge in [-0.3, -0.25) is 9.52 Å². The number of anilines is 2. The van der Waals surface area contributed by atoms with Crippen molar-refractivity contribution in [1.29, 1.82) is 0 Å². The standard InChI is InChI=1S/C22H19ClN2O4S/c1-29-21-8-3-2-5-16(21)9-14-22(26)24-18-10-12-20(13-11-18)30(27,28)25-19-7-4-6-17(23)15-19/h2-15,25H,1H3,(H,24,26). The van der Waals surface area contributed by atoms with Gasteiger partial charge in [0.15, 0.2) is 0 Å². The first-order valence-corrected chi connectivity index (χ1v) is 10.7. The number of amides is 1. The average Bonchev–Trinajstić information content (AvgIpc) is 2.72. The molecule has 0 heterocycles. The van der Waals surface area contributed by atoms with E-state index in [1.54, 1.807) is 37.5 Å². The Morgan fingerprint density at radius 1 is 0.967 bits per heavy atom. The van der Waals surface area contributed by atoms with Crippen LogP contribution >= 0.6 is 11.6 Å². The largest absolute Gasteiger partial charge is 0.496 e. The van der Waals surface area contributed by atoms with Gasteiger partial charge >= 0.3 is 0 Å². The summed E-state index contributed by atoms with van der Waals surface area (Å²) >= 11 is 5.88. The molecule has 0 fully saturated rings. The van der Waals surface area contributed by atoms with E-state index in [1.165, 1.54) is 36.4 Å². The Morgan fingerprint density at radius 2 is 1.70 bits per heavy atom. The highest BCUT2D eigenvalue weighted by molar-refractivity contribution is 7.92. The SMILES string of the molecule is COc1ccccc1C=CC(=O)Nc1ccc(S(=O)(=O)Nc2cccc(Cl)c2)cc1. The quantitative estimate of drug-likeness (QED) is 0.514. The van der Waals surface area contributed by atoms with Crippen LogP contribution in [0.1, 0.15) is 5.56 Å². The average molecular weight is 443 g/mol. The van der Waals surface area contributed by atoms with Crippen molar-refractivity contribution < 1.29 is 17.9 Å². The number of halogens is 1. The third-order valence-electron chi connectivity index (χ3n) is 4.06. The van der Waals surface area contributed by atoms with Crippen molar-refractivity contribution in [3.63, 3.8) is 0 Å². The monoisotopic (exact) mass is 442 g/mol. The first-order chi connectivity index (χ1) is 14.4. The van der Waals surface area contributed by atoms with Gasteiger partial charge in [-0.1, -0.05) is 35.9 Å². The minimum atomic E-state index is -3.78. The van der Waals surface area contributed by atoms with Crippen LogP contribution in [0.5, 0.6) is 5.75 Å². The topological polar surface area (TPSA) is 84.5 Å². The predicted molar refractivity (Wildman–Crippen MR) is 119 cm³/mol. The van der Waals surface area contributed by atoms with Crippen molar-refractivity contribution in [3.05, 3.63) is 89.5 Å². The molecule has 0 spiro atoms. The molecule has 0 saturated heterocycles. The number of carbonyl (C=O) groups excluding carboxylic acids is 1. The van der Waals surface area contributed by atoms with Crippen LogP contribution in [0.15, 0.2) is 83.8 Å². The first-order valence-electron chi connectivity index (χ1n) is 8.88. The summed E-state index contributed by atoms with van der Waals surface area (Å²) in [6.45, 7) is 0. The van der Waals surface area contributed by atoms with E-state index in [9.17, 15) is 13.2 Å². The normalized spacial score (nSPS) is 11.3. The molecule has 0 aliphatic heterocycles. The lowest BCUT2D eigenvalue weighted by Gasteiger charge is -2.09. The van der Waals surface area contributed by atoms with Crippen molar-refractivity contribution in [3.8, 4) is 5.75 Å². The molecule has 3 aromatic carbocycles. The summed E-state index contributed by atoms with van der Waals surface area (Å²) < 4.78 is 32.7. The number of sulfonamides is 1. The highest BCUT2D eigenvalue weighted by atomic mass is 35.5. The highest BCUT2D eigenvalue weighted by Crippen LogP contribution is 2.21. The minimum Gasteiger partial charge on any atom is -0.496 e. The Labute approximate surface area is 180 Å². The number of hydrogen-bond acceptors (Lipinski definition) is 4. The second-order valence-corrected chi connectivity index (χ2v) is 8.32. The fourth-order valence-electron chi connectivity index (χ4n) is 2.64. The maximum atomic E-state index is 12.5. The van der Waals surface area contributed by atoms with Crippen molar-refractivity contribution >= 4 is 45.0 Å². The fraction of sp³-hybridized carbons (Fsp3) is 0.0455. The summed E-state index contributed by atoms with van der Waals surface area (Å²) in [5.74, 6) is 0.303. The molecule has 30 heavy (non-hydrogen) atoms. The van der Waals surface area contributed by atoms with Gasteiger partial charge in [-0.15, -0.1) is 0 Å². The van der Waals surface area contributed by atoms with E-state index in [-0.39, 0.29) is 10.8 Å². The molecule has 0 aliphatic carbocycles. The van der Waals surface area contributed by atoms with E-state index in [0.717, 1.165) is 5.56 Å². The highest BCUT2D eigenvalue weighted by Gasteiger charge is 2.14. The Morgan fingerprint density at radius 3 is 2.40 bits per heavy atom. The van der Waals surface area contributed by atoms with Crippen molar-refractivity contribution in [1.82, 2.24) is 0 Å². The number of ether oxygens (including phenoxy) is 1. The third kappa shape index (κ3) is 5.62. The van der Waals surface area contributed by atoms with Gasteiger partial charge < -0.3 is 10.1 Å².